The lowest BCUT2D eigenvalue weighted by Crippen LogP contribution is -2.02. The number of benzene rings is 1. The highest BCUT2D eigenvalue weighted by molar-refractivity contribution is 5.77. The number of rotatable bonds is 3. The summed E-state index contributed by atoms with van der Waals surface area (Å²) in [7, 11) is 0. The van der Waals surface area contributed by atoms with Crippen LogP contribution < -0.4 is 5.73 Å². The van der Waals surface area contributed by atoms with Crippen LogP contribution in [-0.2, 0) is 19.5 Å². The van der Waals surface area contributed by atoms with Gasteiger partial charge < -0.3 is 5.73 Å². The van der Waals surface area contributed by atoms with Crippen molar-refractivity contribution in [3.05, 3.63) is 45.8 Å². The molecule has 0 saturated carbocycles. The Balaban J connectivity index is 2.25. The molecule has 0 bridgehead atoms. The second-order valence-corrected chi connectivity index (χ2v) is 4.57. The van der Waals surface area contributed by atoms with E-state index in [0.29, 0.717) is 12.1 Å². The van der Waals surface area contributed by atoms with Crippen molar-refractivity contribution in [2.45, 2.75) is 25.9 Å². The first-order chi connectivity index (χ1) is 9.22. The molecule has 2 N–H and O–H groups in total. The second kappa shape index (κ2) is 4.47. The lowest BCUT2D eigenvalue weighted by Gasteiger charge is -2.04. The predicted octanol–water partition coefficient (Wildman–Crippen LogP) is 1.86. The molecule has 98 valence electrons. The predicted molar refractivity (Wildman–Crippen MR) is 70.5 cm³/mol. The molecule has 2 heterocycles. The number of para-hydroxylation sites is 1. The Morgan fingerprint density at radius 1 is 1.42 bits per heavy atom. The van der Waals surface area contributed by atoms with E-state index < -0.39 is 0 Å². The van der Waals surface area contributed by atoms with Gasteiger partial charge in [-0.1, -0.05) is 12.1 Å². The molecule has 6 heteroatoms. The van der Waals surface area contributed by atoms with Crippen molar-refractivity contribution in [3.63, 3.8) is 0 Å². The zero-order valence-corrected chi connectivity index (χ0v) is 10.4. The van der Waals surface area contributed by atoms with Crippen LogP contribution in [0.25, 0.3) is 11.1 Å². The van der Waals surface area contributed by atoms with E-state index in [0.717, 1.165) is 36.3 Å². The lowest BCUT2D eigenvalue weighted by atomic mass is 10.00. The van der Waals surface area contributed by atoms with Crippen molar-refractivity contribution in [2.75, 3.05) is 0 Å². The van der Waals surface area contributed by atoms with E-state index in [4.69, 9.17) is 5.73 Å². The Morgan fingerprint density at radius 3 is 2.95 bits per heavy atom. The van der Waals surface area contributed by atoms with Crippen molar-refractivity contribution in [2.24, 2.45) is 5.73 Å². The molecule has 1 aliphatic heterocycles. The average molecular weight is 258 g/mol. The van der Waals surface area contributed by atoms with Gasteiger partial charge in [0.05, 0.1) is 16.2 Å². The van der Waals surface area contributed by atoms with E-state index in [1.807, 2.05) is 10.7 Å². The third-order valence-corrected chi connectivity index (χ3v) is 3.48. The molecule has 19 heavy (non-hydrogen) atoms. The summed E-state index contributed by atoms with van der Waals surface area (Å²) in [5.74, 6) is 0. The number of aryl methyl sites for hydroxylation is 1. The van der Waals surface area contributed by atoms with Crippen molar-refractivity contribution < 1.29 is 4.92 Å². The number of aromatic nitrogens is 2. The van der Waals surface area contributed by atoms with E-state index in [-0.39, 0.29) is 10.6 Å². The van der Waals surface area contributed by atoms with E-state index in [9.17, 15) is 10.1 Å². The minimum Gasteiger partial charge on any atom is -0.325 e. The molecule has 0 radical (unpaired) electrons. The number of nitrogens with zero attached hydrogens (tertiary/aromatic N) is 3. The Hall–Kier alpha value is -2.21. The zero-order valence-electron chi connectivity index (χ0n) is 10.4. The van der Waals surface area contributed by atoms with Crippen LogP contribution in [0.3, 0.4) is 0 Å². The SMILES string of the molecule is NCc1nn2c(c1-c1ccccc1[N+](=O)[O-])CCC2. The number of nitro groups is 1. The topological polar surface area (TPSA) is 87.0 Å². The third-order valence-electron chi connectivity index (χ3n) is 3.48. The van der Waals surface area contributed by atoms with Crippen LogP contribution in [0.1, 0.15) is 17.8 Å². The Bertz CT molecular complexity index is 648. The molecule has 0 amide bonds. The molecule has 6 nitrogen and oxygen atoms in total. The number of fused-ring (bicyclic) bond motifs is 1. The molecule has 0 atom stereocenters. The van der Waals surface area contributed by atoms with Crippen LogP contribution in [0.5, 0.6) is 0 Å². The number of nitrogens with two attached hydrogens (primary N) is 1. The molecule has 1 aromatic heterocycles. The van der Waals surface area contributed by atoms with Crippen molar-refractivity contribution in [1.82, 2.24) is 9.78 Å². The molecule has 0 fully saturated rings. The first-order valence-electron chi connectivity index (χ1n) is 6.24. The van der Waals surface area contributed by atoms with Crippen LogP contribution in [0, 0.1) is 10.1 Å². The summed E-state index contributed by atoms with van der Waals surface area (Å²) in [6, 6.07) is 6.78. The van der Waals surface area contributed by atoms with Crippen LogP contribution in [0.15, 0.2) is 24.3 Å². The fourth-order valence-electron chi connectivity index (χ4n) is 2.69. The Morgan fingerprint density at radius 2 is 2.21 bits per heavy atom. The maximum Gasteiger partial charge on any atom is 0.277 e. The minimum absolute atomic E-state index is 0.111. The third kappa shape index (κ3) is 1.80. The van der Waals surface area contributed by atoms with Gasteiger partial charge in [0.25, 0.3) is 5.69 Å². The highest BCUT2D eigenvalue weighted by Crippen LogP contribution is 2.36. The van der Waals surface area contributed by atoms with Gasteiger partial charge in [0.2, 0.25) is 0 Å². The molecule has 1 aromatic carbocycles. The van der Waals surface area contributed by atoms with Gasteiger partial charge in [-0.3, -0.25) is 14.8 Å². The lowest BCUT2D eigenvalue weighted by molar-refractivity contribution is -0.384. The van der Waals surface area contributed by atoms with Crippen molar-refractivity contribution in [3.8, 4) is 11.1 Å². The first kappa shape index (κ1) is 11.9. The van der Waals surface area contributed by atoms with Crippen molar-refractivity contribution in [1.29, 1.82) is 0 Å². The smallest absolute Gasteiger partial charge is 0.277 e. The van der Waals surface area contributed by atoms with E-state index in [1.165, 1.54) is 6.07 Å². The minimum atomic E-state index is -0.353. The van der Waals surface area contributed by atoms with Gasteiger partial charge in [0.1, 0.15) is 0 Å². The quantitative estimate of drug-likeness (QED) is 0.672. The second-order valence-electron chi connectivity index (χ2n) is 4.57. The van der Waals surface area contributed by atoms with Gasteiger partial charge in [-0.25, -0.2) is 0 Å². The monoisotopic (exact) mass is 258 g/mol. The summed E-state index contributed by atoms with van der Waals surface area (Å²) < 4.78 is 1.92. The maximum atomic E-state index is 11.2. The number of nitro benzene ring substituents is 1. The molecule has 0 saturated heterocycles. The standard InChI is InChI=1S/C13H14N4O2/c14-8-10-13(12-6-3-7-16(12)15-10)9-4-1-2-5-11(9)17(18)19/h1-2,4-5H,3,6-8,14H2. The van der Waals surface area contributed by atoms with Crippen LogP contribution >= 0.6 is 0 Å². The molecule has 0 aliphatic carbocycles. The van der Waals surface area contributed by atoms with Crippen molar-refractivity contribution >= 4 is 5.69 Å². The van der Waals surface area contributed by atoms with E-state index in [2.05, 4.69) is 5.10 Å². The molecular weight excluding hydrogens is 244 g/mol. The van der Waals surface area contributed by atoms with E-state index in [1.54, 1.807) is 12.1 Å². The molecule has 1 aliphatic rings. The van der Waals surface area contributed by atoms with Gasteiger partial charge in [-0.2, -0.15) is 5.10 Å². The highest BCUT2D eigenvalue weighted by atomic mass is 16.6. The Kier molecular flexibility index (Phi) is 2.79. The average Bonchev–Trinajstić information content (AvgIpc) is 2.98. The summed E-state index contributed by atoms with van der Waals surface area (Å²) in [6.07, 6.45) is 1.93. The fourth-order valence-corrected chi connectivity index (χ4v) is 2.69. The molecule has 2 aromatic rings. The number of hydrogen-bond acceptors (Lipinski definition) is 4. The zero-order chi connectivity index (χ0) is 13.4. The molecular formula is C13H14N4O2. The first-order valence-corrected chi connectivity index (χ1v) is 6.24. The molecule has 0 spiro atoms. The summed E-state index contributed by atoms with van der Waals surface area (Å²) in [5, 5.41) is 15.6. The summed E-state index contributed by atoms with van der Waals surface area (Å²) >= 11 is 0. The summed E-state index contributed by atoms with van der Waals surface area (Å²) in [6.45, 7) is 1.16. The normalized spacial score (nSPS) is 13.5. The van der Waals surface area contributed by atoms with E-state index >= 15 is 0 Å². The fraction of sp³-hybridized carbons (Fsp3) is 0.308. The van der Waals surface area contributed by atoms with Gasteiger partial charge in [0, 0.05) is 30.4 Å². The van der Waals surface area contributed by atoms with Gasteiger partial charge in [-0.15, -0.1) is 0 Å². The summed E-state index contributed by atoms with van der Waals surface area (Å²) in [4.78, 5) is 10.8. The van der Waals surface area contributed by atoms with Gasteiger partial charge >= 0.3 is 0 Å². The maximum absolute atomic E-state index is 11.2. The number of hydrogen-bond donors (Lipinski definition) is 1. The largest absolute Gasteiger partial charge is 0.325 e. The highest BCUT2D eigenvalue weighted by Gasteiger charge is 2.26. The van der Waals surface area contributed by atoms with Gasteiger partial charge in [-0.05, 0) is 18.9 Å². The molecule has 0 unspecified atom stereocenters. The van der Waals surface area contributed by atoms with Crippen LogP contribution in [0.4, 0.5) is 5.69 Å². The van der Waals surface area contributed by atoms with Crippen LogP contribution in [0.2, 0.25) is 0 Å². The van der Waals surface area contributed by atoms with Crippen LogP contribution in [-0.4, -0.2) is 14.7 Å². The summed E-state index contributed by atoms with van der Waals surface area (Å²) in [5.41, 5.74) is 9.12. The van der Waals surface area contributed by atoms with Gasteiger partial charge in [0.15, 0.2) is 0 Å². The Labute approximate surface area is 110 Å². The molecule has 3 rings (SSSR count).